The number of carboxylic acids is 1. The highest BCUT2D eigenvalue weighted by Gasteiger charge is 2.07. The number of carbonyl (C=O) groups is 1. The minimum Gasteiger partial charge on any atom is -0.545 e. The van der Waals surface area contributed by atoms with Gasteiger partial charge in [-0.2, -0.15) is 0 Å². The molecule has 1 heterocycles. The van der Waals surface area contributed by atoms with E-state index in [0.29, 0.717) is 10.5 Å². The van der Waals surface area contributed by atoms with E-state index in [1.54, 1.807) is 18.2 Å². The van der Waals surface area contributed by atoms with E-state index in [2.05, 4.69) is 4.98 Å². The molecular formula is C14H7ClNO2S-. The van der Waals surface area contributed by atoms with Crippen LogP contribution in [-0.4, -0.2) is 11.0 Å². The lowest BCUT2D eigenvalue weighted by molar-refractivity contribution is -0.255. The van der Waals surface area contributed by atoms with Crippen molar-refractivity contribution in [1.82, 2.24) is 4.98 Å². The van der Waals surface area contributed by atoms with Crippen molar-refractivity contribution < 1.29 is 9.90 Å². The third kappa shape index (κ3) is 2.32. The average molecular weight is 289 g/mol. The van der Waals surface area contributed by atoms with Gasteiger partial charge < -0.3 is 9.90 Å². The zero-order chi connectivity index (χ0) is 13.4. The summed E-state index contributed by atoms with van der Waals surface area (Å²) in [6, 6.07) is 12.2. The lowest BCUT2D eigenvalue weighted by Crippen LogP contribution is -2.21. The van der Waals surface area contributed by atoms with Gasteiger partial charge in [-0.25, -0.2) is 4.98 Å². The third-order valence-corrected chi connectivity index (χ3v) is 4.05. The lowest BCUT2D eigenvalue weighted by atomic mass is 10.2. The molecule has 0 bridgehead atoms. The molecule has 3 nitrogen and oxygen atoms in total. The highest BCUT2D eigenvalue weighted by Crippen LogP contribution is 2.31. The molecule has 0 radical (unpaired) electrons. The fraction of sp³-hybridized carbons (Fsp3) is 0. The molecule has 0 fully saturated rings. The third-order valence-electron chi connectivity index (χ3n) is 2.71. The van der Waals surface area contributed by atoms with E-state index in [1.807, 2.05) is 12.1 Å². The fourth-order valence-corrected chi connectivity index (χ4v) is 2.85. The topological polar surface area (TPSA) is 53.0 Å². The van der Waals surface area contributed by atoms with Gasteiger partial charge in [0.2, 0.25) is 0 Å². The Kier molecular flexibility index (Phi) is 2.97. The summed E-state index contributed by atoms with van der Waals surface area (Å²) in [5, 5.41) is 12.3. The lowest BCUT2D eigenvalue weighted by Gasteiger charge is -1.99. The molecule has 94 valence electrons. The van der Waals surface area contributed by atoms with Crippen LogP contribution in [0.4, 0.5) is 0 Å². The number of thiazole rings is 1. The maximum atomic E-state index is 10.8. The Labute approximate surface area is 118 Å². The number of benzene rings is 2. The zero-order valence-corrected chi connectivity index (χ0v) is 11.2. The van der Waals surface area contributed by atoms with E-state index in [9.17, 15) is 9.90 Å². The van der Waals surface area contributed by atoms with Gasteiger partial charge in [-0.15, -0.1) is 11.3 Å². The van der Waals surface area contributed by atoms with Crippen molar-refractivity contribution in [1.29, 1.82) is 0 Å². The van der Waals surface area contributed by atoms with E-state index in [-0.39, 0.29) is 5.56 Å². The number of aromatic carboxylic acids is 1. The van der Waals surface area contributed by atoms with Crippen molar-refractivity contribution in [2.45, 2.75) is 0 Å². The second-order valence-corrected chi connectivity index (χ2v) is 5.46. The first-order valence-electron chi connectivity index (χ1n) is 5.51. The average Bonchev–Trinajstić information content (AvgIpc) is 2.82. The van der Waals surface area contributed by atoms with Gasteiger partial charge in [0.25, 0.3) is 0 Å². The molecule has 0 aliphatic heterocycles. The smallest absolute Gasteiger partial charge is 0.124 e. The van der Waals surface area contributed by atoms with Gasteiger partial charge in [0.05, 0.1) is 16.2 Å². The van der Waals surface area contributed by atoms with Crippen molar-refractivity contribution >= 4 is 39.1 Å². The number of halogens is 1. The summed E-state index contributed by atoms with van der Waals surface area (Å²) in [5.41, 5.74) is 1.76. The van der Waals surface area contributed by atoms with Crippen molar-refractivity contribution in [2.75, 3.05) is 0 Å². The Morgan fingerprint density at radius 2 is 1.89 bits per heavy atom. The quantitative estimate of drug-likeness (QED) is 0.728. The first-order chi connectivity index (χ1) is 9.13. The van der Waals surface area contributed by atoms with Gasteiger partial charge in [-0.05, 0) is 29.8 Å². The van der Waals surface area contributed by atoms with Crippen LogP contribution in [0.15, 0.2) is 42.5 Å². The van der Waals surface area contributed by atoms with Gasteiger partial charge in [-0.1, -0.05) is 29.8 Å². The Bertz CT molecular complexity index is 765. The van der Waals surface area contributed by atoms with Crippen LogP contribution in [0.2, 0.25) is 5.02 Å². The normalized spacial score (nSPS) is 10.8. The van der Waals surface area contributed by atoms with E-state index < -0.39 is 5.97 Å². The number of hydrogen-bond acceptors (Lipinski definition) is 4. The van der Waals surface area contributed by atoms with Gasteiger partial charge >= 0.3 is 0 Å². The molecule has 3 rings (SSSR count). The van der Waals surface area contributed by atoms with Gasteiger partial charge in [0, 0.05) is 10.6 Å². The fourth-order valence-electron chi connectivity index (χ4n) is 1.77. The molecule has 0 N–H and O–H groups in total. The number of carbonyl (C=O) groups excluding carboxylic acids is 1. The van der Waals surface area contributed by atoms with Crippen LogP contribution in [0.25, 0.3) is 20.8 Å². The Morgan fingerprint density at radius 1 is 1.16 bits per heavy atom. The molecule has 2 aromatic carbocycles. The summed E-state index contributed by atoms with van der Waals surface area (Å²) in [7, 11) is 0. The highest BCUT2D eigenvalue weighted by atomic mass is 35.5. The Balaban J connectivity index is 2.11. The standard InChI is InChI=1S/C14H8ClNO2S/c15-10-4-1-8(2-5-10)13-16-11-7-9(14(17)18)3-6-12(11)19-13/h1-7H,(H,17,18)/p-1. The highest BCUT2D eigenvalue weighted by molar-refractivity contribution is 7.21. The van der Waals surface area contributed by atoms with Crippen LogP contribution in [-0.2, 0) is 0 Å². The van der Waals surface area contributed by atoms with Crippen LogP contribution in [0.1, 0.15) is 10.4 Å². The summed E-state index contributed by atoms with van der Waals surface area (Å²) in [6.07, 6.45) is 0. The molecule has 19 heavy (non-hydrogen) atoms. The predicted molar refractivity (Wildman–Crippen MR) is 74.4 cm³/mol. The Morgan fingerprint density at radius 3 is 2.58 bits per heavy atom. The van der Waals surface area contributed by atoms with Crippen LogP contribution < -0.4 is 5.11 Å². The van der Waals surface area contributed by atoms with E-state index in [4.69, 9.17) is 11.6 Å². The first kappa shape index (κ1) is 12.1. The molecule has 0 aliphatic rings. The first-order valence-corrected chi connectivity index (χ1v) is 6.71. The minimum absolute atomic E-state index is 0.139. The van der Waals surface area contributed by atoms with Gasteiger partial charge in [-0.3, -0.25) is 0 Å². The monoisotopic (exact) mass is 288 g/mol. The van der Waals surface area contributed by atoms with Crippen molar-refractivity contribution in [3.05, 3.63) is 53.1 Å². The molecule has 1 aromatic heterocycles. The summed E-state index contributed by atoms with van der Waals surface area (Å²) in [4.78, 5) is 15.2. The van der Waals surface area contributed by atoms with E-state index in [0.717, 1.165) is 15.3 Å². The zero-order valence-electron chi connectivity index (χ0n) is 9.59. The maximum absolute atomic E-state index is 10.8. The number of rotatable bonds is 2. The second kappa shape index (κ2) is 4.64. The van der Waals surface area contributed by atoms with E-state index >= 15 is 0 Å². The Hall–Kier alpha value is -1.91. The minimum atomic E-state index is -1.19. The molecule has 0 saturated carbocycles. The maximum Gasteiger partial charge on any atom is 0.124 e. The number of fused-ring (bicyclic) bond motifs is 1. The van der Waals surface area contributed by atoms with Crippen LogP contribution in [0.5, 0.6) is 0 Å². The van der Waals surface area contributed by atoms with Crippen molar-refractivity contribution in [3.63, 3.8) is 0 Å². The number of hydrogen-bond donors (Lipinski definition) is 0. The molecule has 0 spiro atoms. The van der Waals surface area contributed by atoms with Crippen LogP contribution in [0, 0.1) is 0 Å². The molecule has 0 unspecified atom stereocenters. The molecule has 0 amide bonds. The second-order valence-electron chi connectivity index (χ2n) is 4.00. The van der Waals surface area contributed by atoms with E-state index in [1.165, 1.54) is 23.5 Å². The molecule has 0 saturated heterocycles. The van der Waals surface area contributed by atoms with Gasteiger partial charge in [0.15, 0.2) is 0 Å². The van der Waals surface area contributed by atoms with Crippen LogP contribution >= 0.6 is 22.9 Å². The molecule has 0 aliphatic carbocycles. The molecule has 5 heteroatoms. The number of aromatic nitrogens is 1. The van der Waals surface area contributed by atoms with Gasteiger partial charge in [0.1, 0.15) is 5.01 Å². The van der Waals surface area contributed by atoms with Crippen molar-refractivity contribution in [3.8, 4) is 10.6 Å². The molecular weight excluding hydrogens is 282 g/mol. The molecule has 0 atom stereocenters. The number of nitrogens with zero attached hydrogens (tertiary/aromatic N) is 1. The summed E-state index contributed by atoms with van der Waals surface area (Å²) < 4.78 is 0.940. The largest absolute Gasteiger partial charge is 0.545 e. The number of carboxylic acid groups (broad SMARTS) is 1. The summed E-state index contributed by atoms with van der Waals surface area (Å²) >= 11 is 7.35. The van der Waals surface area contributed by atoms with Crippen molar-refractivity contribution in [2.24, 2.45) is 0 Å². The SMILES string of the molecule is O=C([O-])c1ccc2sc(-c3ccc(Cl)cc3)nc2c1. The molecule has 3 aromatic rings. The van der Waals surface area contributed by atoms with Crippen LogP contribution in [0.3, 0.4) is 0 Å². The predicted octanol–water partition coefficient (Wildman–Crippen LogP) is 2.98. The summed E-state index contributed by atoms with van der Waals surface area (Å²) in [6.45, 7) is 0. The summed E-state index contributed by atoms with van der Waals surface area (Å²) in [5.74, 6) is -1.19.